The number of esters is 1. The molecule has 0 aliphatic rings. The number of carbonyl (C=O) groups is 1. The molecule has 0 aliphatic heterocycles. The Morgan fingerprint density at radius 2 is 1.74 bits per heavy atom. The standard InChI is InChI=1S/C16H22O3/c1-12(2)18-14-9-6-13(7-10-14)8-11-15(17)19-16(3,4)5/h6-12H,1-5H3. The van der Waals surface area contributed by atoms with Gasteiger partial charge in [-0.1, -0.05) is 12.1 Å². The molecule has 0 radical (unpaired) electrons. The van der Waals surface area contributed by atoms with Crippen molar-refractivity contribution in [1.29, 1.82) is 0 Å². The third-order valence-corrected chi connectivity index (χ3v) is 2.07. The van der Waals surface area contributed by atoms with E-state index < -0.39 is 5.60 Å². The van der Waals surface area contributed by atoms with E-state index >= 15 is 0 Å². The van der Waals surface area contributed by atoms with Crippen LogP contribution in [0.5, 0.6) is 5.75 Å². The summed E-state index contributed by atoms with van der Waals surface area (Å²) in [5.41, 5.74) is 0.470. The zero-order chi connectivity index (χ0) is 14.5. The fraction of sp³-hybridized carbons (Fsp3) is 0.438. The maximum absolute atomic E-state index is 11.5. The van der Waals surface area contributed by atoms with Crippen molar-refractivity contribution in [3.8, 4) is 5.75 Å². The molecule has 0 saturated heterocycles. The van der Waals surface area contributed by atoms with Crippen molar-refractivity contribution in [2.24, 2.45) is 0 Å². The molecule has 0 amide bonds. The minimum Gasteiger partial charge on any atom is -0.491 e. The van der Waals surface area contributed by atoms with Gasteiger partial charge in [-0.2, -0.15) is 0 Å². The van der Waals surface area contributed by atoms with Gasteiger partial charge >= 0.3 is 5.97 Å². The molecule has 0 saturated carbocycles. The molecule has 0 aromatic heterocycles. The van der Waals surface area contributed by atoms with Gasteiger partial charge in [-0.3, -0.25) is 0 Å². The number of carbonyl (C=O) groups excluding carboxylic acids is 1. The van der Waals surface area contributed by atoms with Crippen LogP contribution in [0.2, 0.25) is 0 Å². The molecule has 0 bridgehead atoms. The van der Waals surface area contributed by atoms with Crippen LogP contribution in [0.15, 0.2) is 30.3 Å². The number of hydrogen-bond donors (Lipinski definition) is 0. The lowest BCUT2D eigenvalue weighted by Crippen LogP contribution is -2.22. The lowest BCUT2D eigenvalue weighted by Gasteiger charge is -2.17. The van der Waals surface area contributed by atoms with Gasteiger partial charge in [0.05, 0.1) is 6.10 Å². The minimum absolute atomic E-state index is 0.156. The molecule has 1 rings (SSSR count). The summed E-state index contributed by atoms with van der Waals surface area (Å²) in [5.74, 6) is 0.486. The Morgan fingerprint density at radius 1 is 1.16 bits per heavy atom. The Balaban J connectivity index is 2.60. The molecule has 19 heavy (non-hydrogen) atoms. The topological polar surface area (TPSA) is 35.5 Å². The largest absolute Gasteiger partial charge is 0.491 e. The van der Waals surface area contributed by atoms with E-state index in [1.807, 2.05) is 58.9 Å². The Bertz CT molecular complexity index is 436. The zero-order valence-electron chi connectivity index (χ0n) is 12.3. The van der Waals surface area contributed by atoms with E-state index in [-0.39, 0.29) is 12.1 Å². The van der Waals surface area contributed by atoms with E-state index in [2.05, 4.69) is 0 Å². The lowest BCUT2D eigenvalue weighted by atomic mass is 10.2. The fourth-order valence-electron chi connectivity index (χ4n) is 1.43. The highest BCUT2D eigenvalue weighted by Crippen LogP contribution is 2.15. The van der Waals surface area contributed by atoms with E-state index in [9.17, 15) is 4.79 Å². The highest BCUT2D eigenvalue weighted by molar-refractivity contribution is 5.87. The van der Waals surface area contributed by atoms with Crippen molar-refractivity contribution >= 4 is 12.0 Å². The SMILES string of the molecule is CC(C)Oc1ccc(C=CC(=O)OC(C)(C)C)cc1. The van der Waals surface area contributed by atoms with Crippen molar-refractivity contribution in [2.75, 3.05) is 0 Å². The molecule has 3 heteroatoms. The second-order valence-corrected chi connectivity index (χ2v) is 5.60. The van der Waals surface area contributed by atoms with Gasteiger partial charge in [0, 0.05) is 6.08 Å². The van der Waals surface area contributed by atoms with Crippen molar-refractivity contribution in [3.05, 3.63) is 35.9 Å². The molecule has 1 aromatic carbocycles. The van der Waals surface area contributed by atoms with Crippen LogP contribution in [0.3, 0.4) is 0 Å². The highest BCUT2D eigenvalue weighted by atomic mass is 16.6. The monoisotopic (exact) mass is 262 g/mol. The van der Waals surface area contributed by atoms with Crippen LogP contribution in [-0.4, -0.2) is 17.7 Å². The Kier molecular flexibility index (Phi) is 5.16. The van der Waals surface area contributed by atoms with Gasteiger partial charge in [0.25, 0.3) is 0 Å². The first kappa shape index (κ1) is 15.3. The van der Waals surface area contributed by atoms with Crippen LogP contribution in [0.1, 0.15) is 40.2 Å². The van der Waals surface area contributed by atoms with Gasteiger partial charge in [-0.05, 0) is 58.4 Å². The summed E-state index contributed by atoms with van der Waals surface area (Å²) in [7, 11) is 0. The van der Waals surface area contributed by atoms with Gasteiger partial charge < -0.3 is 9.47 Å². The number of ether oxygens (including phenoxy) is 2. The summed E-state index contributed by atoms with van der Waals surface area (Å²) >= 11 is 0. The third kappa shape index (κ3) is 6.65. The van der Waals surface area contributed by atoms with Gasteiger partial charge in [0.1, 0.15) is 11.4 Å². The highest BCUT2D eigenvalue weighted by Gasteiger charge is 2.13. The van der Waals surface area contributed by atoms with Gasteiger partial charge in [-0.25, -0.2) is 4.79 Å². The van der Waals surface area contributed by atoms with Gasteiger partial charge in [0.2, 0.25) is 0 Å². The smallest absolute Gasteiger partial charge is 0.331 e. The minimum atomic E-state index is -0.462. The quantitative estimate of drug-likeness (QED) is 0.611. The summed E-state index contributed by atoms with van der Waals surface area (Å²) in [6.07, 6.45) is 3.32. The molecule has 0 fully saturated rings. The van der Waals surface area contributed by atoms with Crippen LogP contribution in [0.4, 0.5) is 0 Å². The van der Waals surface area contributed by atoms with Crippen LogP contribution >= 0.6 is 0 Å². The molecular formula is C16H22O3. The Hall–Kier alpha value is -1.77. The van der Waals surface area contributed by atoms with Crippen LogP contribution in [-0.2, 0) is 9.53 Å². The molecule has 3 nitrogen and oxygen atoms in total. The summed E-state index contributed by atoms with van der Waals surface area (Å²) in [4.78, 5) is 11.5. The summed E-state index contributed by atoms with van der Waals surface area (Å²) < 4.78 is 10.7. The maximum Gasteiger partial charge on any atom is 0.331 e. The molecule has 104 valence electrons. The number of hydrogen-bond acceptors (Lipinski definition) is 3. The summed E-state index contributed by atoms with van der Waals surface area (Å²) in [5, 5.41) is 0. The number of benzene rings is 1. The zero-order valence-corrected chi connectivity index (χ0v) is 12.3. The molecule has 0 N–H and O–H groups in total. The second-order valence-electron chi connectivity index (χ2n) is 5.60. The van der Waals surface area contributed by atoms with Gasteiger partial charge in [-0.15, -0.1) is 0 Å². The van der Waals surface area contributed by atoms with Crippen LogP contribution in [0, 0.1) is 0 Å². The predicted octanol–water partition coefficient (Wildman–Crippen LogP) is 3.83. The van der Waals surface area contributed by atoms with E-state index in [1.165, 1.54) is 6.08 Å². The molecule has 0 spiro atoms. The molecule has 0 heterocycles. The molecular weight excluding hydrogens is 240 g/mol. The molecule has 1 aromatic rings. The van der Waals surface area contributed by atoms with Crippen LogP contribution < -0.4 is 4.74 Å². The third-order valence-electron chi connectivity index (χ3n) is 2.07. The van der Waals surface area contributed by atoms with Crippen molar-refractivity contribution < 1.29 is 14.3 Å². The maximum atomic E-state index is 11.5. The van der Waals surface area contributed by atoms with E-state index in [0.29, 0.717) is 0 Å². The Morgan fingerprint density at radius 3 is 2.21 bits per heavy atom. The van der Waals surface area contributed by atoms with E-state index in [1.54, 1.807) is 6.08 Å². The number of rotatable bonds is 4. The fourth-order valence-corrected chi connectivity index (χ4v) is 1.43. The normalized spacial score (nSPS) is 11.9. The Labute approximate surface area is 115 Å². The van der Waals surface area contributed by atoms with Crippen LogP contribution in [0.25, 0.3) is 6.08 Å². The second kappa shape index (κ2) is 6.41. The molecule has 0 unspecified atom stereocenters. The van der Waals surface area contributed by atoms with Crippen molar-refractivity contribution in [1.82, 2.24) is 0 Å². The van der Waals surface area contributed by atoms with Crippen molar-refractivity contribution in [2.45, 2.75) is 46.3 Å². The van der Waals surface area contributed by atoms with Crippen molar-refractivity contribution in [3.63, 3.8) is 0 Å². The average Bonchev–Trinajstić information content (AvgIpc) is 2.25. The summed E-state index contributed by atoms with van der Waals surface area (Å²) in [6, 6.07) is 7.57. The van der Waals surface area contributed by atoms with E-state index in [4.69, 9.17) is 9.47 Å². The van der Waals surface area contributed by atoms with Gasteiger partial charge in [0.15, 0.2) is 0 Å². The predicted molar refractivity (Wildman–Crippen MR) is 77.1 cm³/mol. The molecule has 0 atom stereocenters. The lowest BCUT2D eigenvalue weighted by molar-refractivity contribution is -0.148. The summed E-state index contributed by atoms with van der Waals surface area (Å²) in [6.45, 7) is 9.50. The first-order valence-electron chi connectivity index (χ1n) is 6.44. The average molecular weight is 262 g/mol. The first-order valence-corrected chi connectivity index (χ1v) is 6.44. The first-order chi connectivity index (χ1) is 8.76. The molecule has 0 aliphatic carbocycles. The van der Waals surface area contributed by atoms with E-state index in [0.717, 1.165) is 11.3 Å².